The first-order chi connectivity index (χ1) is 13.1. The van der Waals surface area contributed by atoms with Crippen LogP contribution in [0.3, 0.4) is 0 Å². The second-order valence-electron chi connectivity index (χ2n) is 6.94. The number of aryl methyl sites for hydroxylation is 2. The number of carbonyl (C=O) groups excluding carboxylic acids is 3. The van der Waals surface area contributed by atoms with Crippen molar-refractivity contribution >= 4 is 23.5 Å². The number of carbonyl (C=O) groups is 3. The van der Waals surface area contributed by atoms with Gasteiger partial charge in [0, 0.05) is 11.3 Å². The Morgan fingerprint density at radius 3 is 2.54 bits per heavy atom. The zero-order valence-corrected chi connectivity index (χ0v) is 15.6. The number of urea groups is 1. The molecule has 0 aromatic heterocycles. The highest BCUT2D eigenvalue weighted by Gasteiger charge is 2.50. The second kappa shape index (κ2) is 7.03. The summed E-state index contributed by atoms with van der Waals surface area (Å²) in [6, 6.07) is 7.22. The van der Waals surface area contributed by atoms with E-state index in [-0.39, 0.29) is 5.56 Å². The highest BCUT2D eigenvalue weighted by molar-refractivity contribution is 6.10. The fraction of sp³-hybridized carbons (Fsp3) is 0.250. The van der Waals surface area contributed by atoms with Gasteiger partial charge in [-0.1, -0.05) is 17.7 Å². The van der Waals surface area contributed by atoms with Crippen molar-refractivity contribution in [2.45, 2.75) is 26.3 Å². The fourth-order valence-electron chi connectivity index (χ4n) is 3.19. The first-order valence-electron chi connectivity index (χ1n) is 8.58. The largest absolute Gasteiger partial charge is 0.325 e. The molecule has 1 fully saturated rings. The molecule has 1 unspecified atom stereocenters. The zero-order valence-electron chi connectivity index (χ0n) is 15.6. The molecule has 0 bridgehead atoms. The van der Waals surface area contributed by atoms with Gasteiger partial charge in [0.2, 0.25) is 5.91 Å². The monoisotopic (exact) mass is 387 g/mol. The Labute approximate surface area is 160 Å². The van der Waals surface area contributed by atoms with Crippen LogP contribution in [0.5, 0.6) is 0 Å². The number of amides is 4. The van der Waals surface area contributed by atoms with Gasteiger partial charge in [-0.05, 0) is 50.6 Å². The number of nitrogens with zero attached hydrogens (tertiary/aromatic N) is 1. The van der Waals surface area contributed by atoms with Gasteiger partial charge < -0.3 is 10.6 Å². The van der Waals surface area contributed by atoms with E-state index < -0.39 is 41.6 Å². The number of rotatable bonds is 4. The minimum atomic E-state index is -1.80. The molecule has 28 heavy (non-hydrogen) atoms. The fourth-order valence-corrected chi connectivity index (χ4v) is 3.19. The van der Waals surface area contributed by atoms with Gasteiger partial charge >= 0.3 is 6.03 Å². The van der Waals surface area contributed by atoms with Crippen molar-refractivity contribution in [3.63, 3.8) is 0 Å². The van der Waals surface area contributed by atoms with Gasteiger partial charge in [0.1, 0.15) is 23.7 Å². The first-order valence-corrected chi connectivity index (χ1v) is 8.58. The summed E-state index contributed by atoms with van der Waals surface area (Å²) in [5.74, 6) is -3.00. The van der Waals surface area contributed by atoms with Crippen LogP contribution in [-0.4, -0.2) is 29.3 Å². The summed E-state index contributed by atoms with van der Waals surface area (Å²) >= 11 is 0. The van der Waals surface area contributed by atoms with Gasteiger partial charge in [0.25, 0.3) is 5.91 Å². The summed E-state index contributed by atoms with van der Waals surface area (Å²) in [5, 5.41) is 5.00. The highest BCUT2D eigenvalue weighted by Crippen LogP contribution is 2.31. The number of benzene rings is 2. The van der Waals surface area contributed by atoms with E-state index >= 15 is 0 Å². The van der Waals surface area contributed by atoms with E-state index in [0.29, 0.717) is 10.6 Å². The van der Waals surface area contributed by atoms with Crippen molar-refractivity contribution in [1.82, 2.24) is 10.2 Å². The topological polar surface area (TPSA) is 78.5 Å². The van der Waals surface area contributed by atoms with Crippen molar-refractivity contribution in [2.24, 2.45) is 0 Å². The lowest BCUT2D eigenvalue weighted by Crippen LogP contribution is -2.42. The van der Waals surface area contributed by atoms with Crippen LogP contribution < -0.4 is 10.6 Å². The van der Waals surface area contributed by atoms with Crippen LogP contribution in [-0.2, 0) is 15.1 Å². The van der Waals surface area contributed by atoms with Crippen molar-refractivity contribution in [2.75, 3.05) is 11.9 Å². The number of nitrogens with one attached hydrogen (secondary N) is 2. The van der Waals surface area contributed by atoms with E-state index in [4.69, 9.17) is 0 Å². The van der Waals surface area contributed by atoms with Crippen molar-refractivity contribution in [3.05, 3.63) is 64.7 Å². The number of halogens is 2. The molecule has 2 N–H and O–H groups in total. The third-order valence-corrected chi connectivity index (χ3v) is 4.70. The molecule has 2 aromatic rings. The number of anilines is 1. The van der Waals surface area contributed by atoms with Crippen LogP contribution in [0.4, 0.5) is 19.3 Å². The molecule has 1 aliphatic heterocycles. The third-order valence-electron chi connectivity index (χ3n) is 4.70. The SMILES string of the molecule is Cc1ccc(NC(=O)CN2C(=O)NC(C)(c3cc(F)ccc3F)C2=O)c(C)c1. The Bertz CT molecular complexity index is 993. The summed E-state index contributed by atoms with van der Waals surface area (Å²) in [4.78, 5) is 38.1. The average Bonchev–Trinajstić information content (AvgIpc) is 2.83. The smallest absolute Gasteiger partial charge is 0.324 e. The maximum absolute atomic E-state index is 14.2. The molecule has 146 valence electrons. The quantitative estimate of drug-likeness (QED) is 0.792. The lowest BCUT2D eigenvalue weighted by molar-refractivity contribution is -0.133. The van der Waals surface area contributed by atoms with Crippen LogP contribution in [0.2, 0.25) is 0 Å². The van der Waals surface area contributed by atoms with E-state index in [1.165, 1.54) is 6.92 Å². The van der Waals surface area contributed by atoms with Crippen LogP contribution >= 0.6 is 0 Å². The molecular weight excluding hydrogens is 368 g/mol. The molecule has 0 radical (unpaired) electrons. The Kier molecular flexibility index (Phi) is 4.89. The normalized spacial score (nSPS) is 19.0. The van der Waals surface area contributed by atoms with E-state index in [2.05, 4.69) is 10.6 Å². The predicted molar refractivity (Wildman–Crippen MR) is 98.5 cm³/mol. The van der Waals surface area contributed by atoms with Gasteiger partial charge in [-0.15, -0.1) is 0 Å². The van der Waals surface area contributed by atoms with Crippen LogP contribution in [0.25, 0.3) is 0 Å². The second-order valence-corrected chi connectivity index (χ2v) is 6.94. The Balaban J connectivity index is 1.80. The standard InChI is InChI=1S/C20H19F2N3O3/c1-11-4-7-16(12(2)8-11)23-17(26)10-25-18(27)20(3,24-19(25)28)14-9-13(21)5-6-15(14)22/h4-9H,10H2,1-3H3,(H,23,26)(H,24,28). The van der Waals surface area contributed by atoms with E-state index in [1.807, 2.05) is 26.0 Å². The molecule has 2 aromatic carbocycles. The molecule has 3 rings (SSSR count). The molecule has 6 nitrogen and oxygen atoms in total. The molecule has 1 heterocycles. The summed E-state index contributed by atoms with van der Waals surface area (Å²) < 4.78 is 27.7. The molecule has 1 atom stereocenters. The predicted octanol–water partition coefficient (Wildman–Crippen LogP) is 2.99. The van der Waals surface area contributed by atoms with Crippen LogP contribution in [0, 0.1) is 25.5 Å². The maximum Gasteiger partial charge on any atom is 0.325 e. The summed E-state index contributed by atoms with van der Waals surface area (Å²) in [7, 11) is 0. The summed E-state index contributed by atoms with van der Waals surface area (Å²) in [5.41, 5.74) is 0.308. The molecule has 4 amide bonds. The van der Waals surface area contributed by atoms with Gasteiger partial charge in [-0.2, -0.15) is 0 Å². The Morgan fingerprint density at radius 2 is 1.86 bits per heavy atom. The molecule has 0 aliphatic carbocycles. The summed E-state index contributed by atoms with van der Waals surface area (Å²) in [6.45, 7) is 4.45. The molecule has 1 saturated heterocycles. The van der Waals surface area contributed by atoms with E-state index in [0.717, 1.165) is 29.3 Å². The molecule has 0 spiro atoms. The molecule has 1 aliphatic rings. The lowest BCUT2D eigenvalue weighted by atomic mass is 9.91. The van der Waals surface area contributed by atoms with Crippen molar-refractivity contribution < 1.29 is 23.2 Å². The minimum Gasteiger partial charge on any atom is -0.324 e. The molecule has 8 heteroatoms. The highest BCUT2D eigenvalue weighted by atomic mass is 19.1. The minimum absolute atomic E-state index is 0.303. The zero-order chi connectivity index (χ0) is 20.6. The van der Waals surface area contributed by atoms with E-state index in [9.17, 15) is 23.2 Å². The molecular formula is C20H19F2N3O3. The maximum atomic E-state index is 14.2. The van der Waals surface area contributed by atoms with Gasteiger partial charge in [0.05, 0.1) is 0 Å². The average molecular weight is 387 g/mol. The Hall–Kier alpha value is -3.29. The third kappa shape index (κ3) is 3.45. The number of hydrogen-bond acceptors (Lipinski definition) is 3. The van der Waals surface area contributed by atoms with Gasteiger partial charge in [-0.25, -0.2) is 13.6 Å². The van der Waals surface area contributed by atoms with Gasteiger partial charge in [0.15, 0.2) is 0 Å². The first kappa shape index (κ1) is 19.5. The number of hydrogen-bond donors (Lipinski definition) is 2. The van der Waals surface area contributed by atoms with Gasteiger partial charge in [-0.3, -0.25) is 14.5 Å². The Morgan fingerprint density at radius 1 is 1.14 bits per heavy atom. The van der Waals surface area contributed by atoms with Crippen molar-refractivity contribution in [1.29, 1.82) is 0 Å². The molecule has 0 saturated carbocycles. The lowest BCUT2D eigenvalue weighted by Gasteiger charge is -2.22. The van der Waals surface area contributed by atoms with E-state index in [1.54, 1.807) is 6.07 Å². The van der Waals surface area contributed by atoms with Crippen molar-refractivity contribution in [3.8, 4) is 0 Å². The summed E-state index contributed by atoms with van der Waals surface area (Å²) in [6.07, 6.45) is 0. The van der Waals surface area contributed by atoms with Crippen LogP contribution in [0.1, 0.15) is 23.6 Å². The van der Waals surface area contributed by atoms with Crippen LogP contribution in [0.15, 0.2) is 36.4 Å². The number of imide groups is 1.